The summed E-state index contributed by atoms with van der Waals surface area (Å²) in [5.41, 5.74) is 2.12. The minimum atomic E-state index is -0.387. The van der Waals surface area contributed by atoms with Gasteiger partial charge >= 0.3 is 0 Å². The topological polar surface area (TPSA) is 47.0 Å². The third-order valence-corrected chi connectivity index (χ3v) is 3.88. The Kier molecular flexibility index (Phi) is 3.85. The van der Waals surface area contributed by atoms with Crippen LogP contribution in [-0.2, 0) is 23.2 Å². The predicted octanol–water partition coefficient (Wildman–Crippen LogP) is 2.67. The molecule has 1 aromatic rings. The van der Waals surface area contributed by atoms with Crippen LogP contribution in [-0.4, -0.2) is 23.6 Å². The first-order valence-electron chi connectivity index (χ1n) is 6.84. The fraction of sp³-hybridized carbons (Fsp3) is 0.714. The molecule has 0 spiro atoms. The van der Waals surface area contributed by atoms with E-state index >= 15 is 0 Å². The Labute approximate surface area is 109 Å². The van der Waals surface area contributed by atoms with Crippen molar-refractivity contribution in [3.8, 4) is 0 Å². The van der Waals surface area contributed by atoms with E-state index in [0.717, 1.165) is 37.4 Å². The van der Waals surface area contributed by atoms with E-state index in [9.17, 15) is 0 Å². The van der Waals surface area contributed by atoms with Gasteiger partial charge in [-0.3, -0.25) is 0 Å². The molecule has 0 bridgehead atoms. The van der Waals surface area contributed by atoms with Crippen molar-refractivity contribution in [3.05, 3.63) is 17.1 Å². The van der Waals surface area contributed by atoms with Crippen molar-refractivity contribution < 1.29 is 4.74 Å². The summed E-state index contributed by atoms with van der Waals surface area (Å²) in [7, 11) is 1.73. The fourth-order valence-corrected chi connectivity index (χ4v) is 2.38. The molecule has 4 heteroatoms. The van der Waals surface area contributed by atoms with Gasteiger partial charge in [0.15, 0.2) is 5.82 Å². The lowest BCUT2D eigenvalue weighted by molar-refractivity contribution is -0.00902. The Balaban J connectivity index is 2.47. The number of anilines is 1. The SMILES string of the molecule is CCNc1nc(C(C)(CC)OC)nc2c1CCC2. The smallest absolute Gasteiger partial charge is 0.162 e. The molecule has 100 valence electrons. The number of fused-ring (bicyclic) bond motifs is 1. The highest BCUT2D eigenvalue weighted by Gasteiger charge is 2.30. The molecule has 18 heavy (non-hydrogen) atoms. The van der Waals surface area contributed by atoms with Crippen LogP contribution in [0.2, 0.25) is 0 Å². The summed E-state index contributed by atoms with van der Waals surface area (Å²) in [6.07, 6.45) is 4.20. The summed E-state index contributed by atoms with van der Waals surface area (Å²) in [4.78, 5) is 9.43. The predicted molar refractivity (Wildman–Crippen MR) is 72.9 cm³/mol. The molecule has 0 fully saturated rings. The molecule has 0 aliphatic heterocycles. The van der Waals surface area contributed by atoms with E-state index in [2.05, 4.69) is 26.1 Å². The fourth-order valence-electron chi connectivity index (χ4n) is 2.38. The molecule has 2 rings (SSSR count). The van der Waals surface area contributed by atoms with Gasteiger partial charge in [0, 0.05) is 24.9 Å². The Morgan fingerprint density at radius 3 is 2.67 bits per heavy atom. The normalized spacial score (nSPS) is 17.3. The van der Waals surface area contributed by atoms with Gasteiger partial charge in [0.05, 0.1) is 0 Å². The van der Waals surface area contributed by atoms with Crippen LogP contribution in [0.1, 0.15) is 50.7 Å². The Morgan fingerprint density at radius 2 is 2.06 bits per heavy atom. The zero-order chi connectivity index (χ0) is 13.2. The second kappa shape index (κ2) is 5.22. The van der Waals surface area contributed by atoms with Gasteiger partial charge in [-0.25, -0.2) is 9.97 Å². The van der Waals surface area contributed by atoms with E-state index in [1.54, 1.807) is 7.11 Å². The van der Waals surface area contributed by atoms with Crippen LogP contribution in [0.3, 0.4) is 0 Å². The molecule has 1 atom stereocenters. The Bertz CT molecular complexity index is 427. The van der Waals surface area contributed by atoms with Crippen LogP contribution in [0, 0.1) is 0 Å². The second-order valence-electron chi connectivity index (χ2n) is 4.99. The largest absolute Gasteiger partial charge is 0.371 e. The number of methoxy groups -OCH3 is 1. The molecule has 0 saturated carbocycles. The first-order chi connectivity index (χ1) is 8.64. The summed E-state index contributed by atoms with van der Waals surface area (Å²) in [5, 5.41) is 3.36. The Hall–Kier alpha value is -1.16. The van der Waals surface area contributed by atoms with Gasteiger partial charge < -0.3 is 10.1 Å². The maximum atomic E-state index is 5.61. The number of nitrogens with one attached hydrogen (secondary N) is 1. The van der Waals surface area contributed by atoms with E-state index in [-0.39, 0.29) is 5.60 Å². The number of aryl methyl sites for hydroxylation is 1. The molecule has 1 heterocycles. The number of rotatable bonds is 5. The van der Waals surface area contributed by atoms with Crippen LogP contribution in [0.5, 0.6) is 0 Å². The van der Waals surface area contributed by atoms with E-state index < -0.39 is 0 Å². The molecule has 0 saturated heterocycles. The highest BCUT2D eigenvalue weighted by atomic mass is 16.5. The Morgan fingerprint density at radius 1 is 1.28 bits per heavy atom. The summed E-state index contributed by atoms with van der Waals surface area (Å²) in [6.45, 7) is 7.14. The van der Waals surface area contributed by atoms with Crippen LogP contribution < -0.4 is 5.32 Å². The number of ether oxygens (including phenoxy) is 1. The van der Waals surface area contributed by atoms with Crippen molar-refractivity contribution in [1.82, 2.24) is 9.97 Å². The van der Waals surface area contributed by atoms with Gasteiger partial charge in [0.25, 0.3) is 0 Å². The molecular formula is C14H23N3O. The maximum Gasteiger partial charge on any atom is 0.162 e. The van der Waals surface area contributed by atoms with Gasteiger partial charge in [-0.15, -0.1) is 0 Å². The zero-order valence-electron chi connectivity index (χ0n) is 11.8. The number of hydrogen-bond donors (Lipinski definition) is 1. The molecular weight excluding hydrogens is 226 g/mol. The highest BCUT2D eigenvalue weighted by Crippen LogP contribution is 2.31. The molecule has 0 amide bonds. The van der Waals surface area contributed by atoms with Gasteiger partial charge in [0.2, 0.25) is 0 Å². The van der Waals surface area contributed by atoms with Crippen LogP contribution in [0.4, 0.5) is 5.82 Å². The van der Waals surface area contributed by atoms with Gasteiger partial charge in [0.1, 0.15) is 11.4 Å². The number of aromatic nitrogens is 2. The standard InChI is InChI=1S/C14H23N3O/c1-5-14(3,18-4)13-16-11-9-7-8-10(11)12(17-13)15-6-2/h5-9H2,1-4H3,(H,15,16,17). The second-order valence-corrected chi connectivity index (χ2v) is 4.99. The highest BCUT2D eigenvalue weighted by molar-refractivity contribution is 5.49. The van der Waals surface area contributed by atoms with Crippen molar-refractivity contribution in [2.75, 3.05) is 19.0 Å². The summed E-state index contributed by atoms with van der Waals surface area (Å²) < 4.78 is 5.61. The summed E-state index contributed by atoms with van der Waals surface area (Å²) in [5.74, 6) is 1.82. The summed E-state index contributed by atoms with van der Waals surface area (Å²) >= 11 is 0. The third kappa shape index (κ3) is 2.21. The number of nitrogens with zero attached hydrogens (tertiary/aromatic N) is 2. The average molecular weight is 249 g/mol. The monoisotopic (exact) mass is 249 g/mol. The third-order valence-electron chi connectivity index (χ3n) is 3.88. The van der Waals surface area contributed by atoms with E-state index in [0.29, 0.717) is 0 Å². The minimum Gasteiger partial charge on any atom is -0.371 e. The molecule has 0 aromatic carbocycles. The van der Waals surface area contributed by atoms with E-state index in [1.165, 1.54) is 17.7 Å². The molecule has 0 radical (unpaired) electrons. The van der Waals surface area contributed by atoms with E-state index in [4.69, 9.17) is 14.7 Å². The molecule has 1 aliphatic rings. The van der Waals surface area contributed by atoms with Crippen LogP contribution in [0.25, 0.3) is 0 Å². The van der Waals surface area contributed by atoms with Crippen LogP contribution >= 0.6 is 0 Å². The average Bonchev–Trinajstić information content (AvgIpc) is 2.86. The minimum absolute atomic E-state index is 0.387. The lowest BCUT2D eigenvalue weighted by Crippen LogP contribution is -2.27. The first-order valence-corrected chi connectivity index (χ1v) is 6.84. The van der Waals surface area contributed by atoms with Crippen molar-refractivity contribution in [2.45, 2.75) is 52.1 Å². The van der Waals surface area contributed by atoms with Crippen molar-refractivity contribution in [1.29, 1.82) is 0 Å². The van der Waals surface area contributed by atoms with Crippen molar-refractivity contribution in [3.63, 3.8) is 0 Å². The molecule has 1 N–H and O–H groups in total. The maximum absolute atomic E-state index is 5.61. The van der Waals surface area contributed by atoms with Crippen molar-refractivity contribution in [2.24, 2.45) is 0 Å². The quantitative estimate of drug-likeness (QED) is 0.871. The lowest BCUT2D eigenvalue weighted by Gasteiger charge is -2.26. The van der Waals surface area contributed by atoms with Gasteiger partial charge in [-0.1, -0.05) is 6.92 Å². The molecule has 1 aliphatic carbocycles. The zero-order valence-corrected chi connectivity index (χ0v) is 11.8. The summed E-state index contributed by atoms with van der Waals surface area (Å²) in [6, 6.07) is 0. The van der Waals surface area contributed by atoms with E-state index in [1.807, 2.05) is 0 Å². The number of hydrogen-bond acceptors (Lipinski definition) is 4. The van der Waals surface area contributed by atoms with Gasteiger partial charge in [-0.05, 0) is 39.5 Å². The lowest BCUT2D eigenvalue weighted by atomic mass is 10.0. The molecule has 1 aromatic heterocycles. The van der Waals surface area contributed by atoms with Gasteiger partial charge in [-0.2, -0.15) is 0 Å². The first kappa shape index (κ1) is 13.3. The van der Waals surface area contributed by atoms with Crippen LogP contribution in [0.15, 0.2) is 0 Å². The van der Waals surface area contributed by atoms with Crippen molar-refractivity contribution >= 4 is 5.82 Å². The molecule has 1 unspecified atom stereocenters. The molecule has 4 nitrogen and oxygen atoms in total.